The van der Waals surface area contributed by atoms with Gasteiger partial charge < -0.3 is 10.4 Å². The number of phenols is 1. The molecule has 1 unspecified atom stereocenters. The minimum absolute atomic E-state index is 0.0402. The Balaban J connectivity index is 2.61. The van der Waals surface area contributed by atoms with Crippen molar-refractivity contribution in [3.8, 4) is 5.75 Å². The number of alkyl halides is 1. The van der Waals surface area contributed by atoms with E-state index < -0.39 is 0 Å². The molecule has 1 rings (SSSR count). The Morgan fingerprint density at radius 2 is 2.24 bits per heavy atom. The van der Waals surface area contributed by atoms with E-state index in [1.807, 2.05) is 0 Å². The van der Waals surface area contributed by atoms with Crippen molar-refractivity contribution in [2.45, 2.75) is 32.1 Å². The van der Waals surface area contributed by atoms with E-state index in [1.54, 1.807) is 25.1 Å². The van der Waals surface area contributed by atoms with Crippen LogP contribution in [0, 0.1) is 6.92 Å². The Bertz CT molecular complexity index is 393. The van der Waals surface area contributed by atoms with Gasteiger partial charge in [-0.3, -0.25) is 4.79 Å². The van der Waals surface area contributed by atoms with Crippen LogP contribution in [0.3, 0.4) is 0 Å². The molecular weight excluding hydrogens is 238 g/mol. The summed E-state index contributed by atoms with van der Waals surface area (Å²) in [6.07, 6.45) is 1.87. The molecule has 1 aromatic carbocycles. The van der Waals surface area contributed by atoms with Crippen LogP contribution in [-0.2, 0) is 0 Å². The Morgan fingerprint density at radius 1 is 1.53 bits per heavy atom. The van der Waals surface area contributed by atoms with Crippen LogP contribution in [-0.4, -0.2) is 22.9 Å². The molecule has 0 aliphatic carbocycles. The Hall–Kier alpha value is -1.22. The zero-order chi connectivity index (χ0) is 12.8. The molecule has 0 bridgehead atoms. The van der Waals surface area contributed by atoms with E-state index in [0.29, 0.717) is 17.7 Å². The van der Waals surface area contributed by atoms with E-state index in [0.717, 1.165) is 12.8 Å². The molecule has 94 valence electrons. The molecule has 4 heteroatoms. The highest BCUT2D eigenvalue weighted by atomic mass is 35.5. The highest BCUT2D eigenvalue weighted by molar-refractivity contribution is 6.20. The number of amides is 1. The molecule has 0 heterocycles. The fraction of sp³-hybridized carbons (Fsp3) is 0.462. The number of carbonyl (C=O) groups excluding carboxylic acids is 1. The molecule has 0 aliphatic heterocycles. The molecule has 1 atom stereocenters. The lowest BCUT2D eigenvalue weighted by Crippen LogP contribution is -2.30. The third-order valence-corrected chi connectivity index (χ3v) is 3.01. The maximum atomic E-state index is 11.8. The quantitative estimate of drug-likeness (QED) is 0.795. The SMILES string of the molecule is CCCC(Cl)CNC(=O)c1cccc(O)c1C. The van der Waals surface area contributed by atoms with E-state index >= 15 is 0 Å². The highest BCUT2D eigenvalue weighted by Gasteiger charge is 2.12. The smallest absolute Gasteiger partial charge is 0.251 e. The lowest BCUT2D eigenvalue weighted by atomic mass is 10.1. The number of nitrogens with one attached hydrogen (secondary N) is 1. The van der Waals surface area contributed by atoms with Crippen LogP contribution in [0.2, 0.25) is 0 Å². The monoisotopic (exact) mass is 255 g/mol. The second-order valence-corrected chi connectivity index (χ2v) is 4.66. The fourth-order valence-electron chi connectivity index (χ4n) is 1.58. The number of aromatic hydroxyl groups is 1. The van der Waals surface area contributed by atoms with Crippen LogP contribution in [0.5, 0.6) is 5.75 Å². The molecule has 0 saturated heterocycles. The van der Waals surface area contributed by atoms with Gasteiger partial charge in [-0.1, -0.05) is 19.4 Å². The summed E-state index contributed by atoms with van der Waals surface area (Å²) in [5.41, 5.74) is 1.08. The standard InChI is InChI=1S/C13H18ClNO2/c1-3-5-10(14)8-15-13(17)11-6-4-7-12(16)9(11)2/h4,6-7,10,16H,3,5,8H2,1-2H3,(H,15,17). The summed E-state index contributed by atoms with van der Waals surface area (Å²) in [6, 6.07) is 4.91. The van der Waals surface area contributed by atoms with Gasteiger partial charge in [0, 0.05) is 17.7 Å². The number of rotatable bonds is 5. The lowest BCUT2D eigenvalue weighted by Gasteiger charge is -2.11. The van der Waals surface area contributed by atoms with Crippen molar-refractivity contribution in [1.29, 1.82) is 0 Å². The molecule has 0 spiro atoms. The Morgan fingerprint density at radius 3 is 2.88 bits per heavy atom. The van der Waals surface area contributed by atoms with E-state index in [4.69, 9.17) is 11.6 Å². The fourth-order valence-corrected chi connectivity index (χ4v) is 1.88. The van der Waals surface area contributed by atoms with Crippen LogP contribution in [0.4, 0.5) is 0 Å². The molecule has 2 N–H and O–H groups in total. The van der Waals surface area contributed by atoms with Crippen molar-refractivity contribution >= 4 is 17.5 Å². The first-order valence-corrected chi connectivity index (χ1v) is 6.20. The molecule has 0 saturated carbocycles. The average Bonchev–Trinajstić information content (AvgIpc) is 2.30. The number of benzene rings is 1. The number of halogens is 1. The van der Waals surface area contributed by atoms with Gasteiger partial charge in [-0.2, -0.15) is 0 Å². The van der Waals surface area contributed by atoms with Crippen molar-refractivity contribution in [1.82, 2.24) is 5.32 Å². The number of carbonyl (C=O) groups is 1. The zero-order valence-electron chi connectivity index (χ0n) is 10.2. The van der Waals surface area contributed by atoms with Crippen LogP contribution < -0.4 is 5.32 Å². The molecule has 0 aromatic heterocycles. The number of hydrogen-bond acceptors (Lipinski definition) is 2. The maximum Gasteiger partial charge on any atom is 0.251 e. The second-order valence-electron chi connectivity index (χ2n) is 4.05. The molecule has 3 nitrogen and oxygen atoms in total. The van der Waals surface area contributed by atoms with E-state index in [-0.39, 0.29) is 17.0 Å². The van der Waals surface area contributed by atoms with E-state index in [1.165, 1.54) is 0 Å². The summed E-state index contributed by atoms with van der Waals surface area (Å²) < 4.78 is 0. The minimum atomic E-state index is -0.194. The van der Waals surface area contributed by atoms with Gasteiger partial charge in [-0.05, 0) is 25.5 Å². The van der Waals surface area contributed by atoms with Gasteiger partial charge >= 0.3 is 0 Å². The summed E-state index contributed by atoms with van der Waals surface area (Å²) in [4.78, 5) is 11.8. The topological polar surface area (TPSA) is 49.3 Å². The van der Waals surface area contributed by atoms with Crippen LogP contribution in [0.25, 0.3) is 0 Å². The summed E-state index contributed by atoms with van der Waals surface area (Å²) in [5.74, 6) is -0.0613. The normalized spacial score (nSPS) is 12.2. The van der Waals surface area contributed by atoms with Crippen molar-refractivity contribution in [2.24, 2.45) is 0 Å². The van der Waals surface area contributed by atoms with Gasteiger partial charge in [0.05, 0.1) is 5.38 Å². The van der Waals surface area contributed by atoms with E-state index in [2.05, 4.69) is 12.2 Å². The summed E-state index contributed by atoms with van der Waals surface area (Å²) in [6.45, 7) is 4.22. The molecular formula is C13H18ClNO2. The van der Waals surface area contributed by atoms with Gasteiger partial charge in [0.15, 0.2) is 0 Å². The Labute approximate surface area is 107 Å². The summed E-state index contributed by atoms with van der Waals surface area (Å²) in [5, 5.41) is 12.2. The predicted octanol–water partition coefficient (Wildman–Crippen LogP) is 2.84. The van der Waals surface area contributed by atoms with Crippen molar-refractivity contribution in [2.75, 3.05) is 6.54 Å². The second kappa shape index (κ2) is 6.50. The third-order valence-electron chi connectivity index (χ3n) is 2.64. The molecule has 0 aliphatic rings. The van der Waals surface area contributed by atoms with E-state index in [9.17, 15) is 9.90 Å². The van der Waals surface area contributed by atoms with Gasteiger partial charge in [-0.15, -0.1) is 11.6 Å². The third kappa shape index (κ3) is 3.93. The van der Waals surface area contributed by atoms with Gasteiger partial charge in [0.25, 0.3) is 5.91 Å². The molecule has 1 aromatic rings. The largest absolute Gasteiger partial charge is 0.508 e. The van der Waals surface area contributed by atoms with Crippen molar-refractivity contribution in [3.63, 3.8) is 0 Å². The lowest BCUT2D eigenvalue weighted by molar-refractivity contribution is 0.0952. The molecule has 1 amide bonds. The van der Waals surface area contributed by atoms with Gasteiger partial charge in [0.1, 0.15) is 5.75 Å². The first-order valence-electron chi connectivity index (χ1n) is 5.77. The van der Waals surface area contributed by atoms with Gasteiger partial charge in [0.2, 0.25) is 0 Å². The molecule has 17 heavy (non-hydrogen) atoms. The predicted molar refractivity (Wildman–Crippen MR) is 69.7 cm³/mol. The number of hydrogen-bond donors (Lipinski definition) is 2. The zero-order valence-corrected chi connectivity index (χ0v) is 10.9. The van der Waals surface area contributed by atoms with Crippen LogP contribution >= 0.6 is 11.6 Å². The van der Waals surface area contributed by atoms with Crippen LogP contribution in [0.15, 0.2) is 18.2 Å². The molecule has 0 radical (unpaired) electrons. The van der Waals surface area contributed by atoms with Crippen molar-refractivity contribution in [3.05, 3.63) is 29.3 Å². The minimum Gasteiger partial charge on any atom is -0.508 e. The first-order chi connectivity index (χ1) is 8.06. The first kappa shape index (κ1) is 13.8. The average molecular weight is 256 g/mol. The highest BCUT2D eigenvalue weighted by Crippen LogP contribution is 2.19. The van der Waals surface area contributed by atoms with Crippen molar-refractivity contribution < 1.29 is 9.90 Å². The maximum absolute atomic E-state index is 11.8. The molecule has 0 fully saturated rings. The van der Waals surface area contributed by atoms with Crippen LogP contribution in [0.1, 0.15) is 35.7 Å². The summed E-state index contributed by atoms with van der Waals surface area (Å²) in [7, 11) is 0. The summed E-state index contributed by atoms with van der Waals surface area (Å²) >= 11 is 6.02. The number of phenolic OH excluding ortho intramolecular Hbond substituents is 1. The Kier molecular flexibility index (Phi) is 5.29. The van der Waals surface area contributed by atoms with Gasteiger partial charge in [-0.25, -0.2) is 0 Å².